The van der Waals surface area contributed by atoms with Crippen molar-refractivity contribution >= 4 is 11.9 Å². The van der Waals surface area contributed by atoms with E-state index in [0.29, 0.717) is 18.9 Å². The van der Waals surface area contributed by atoms with Crippen LogP contribution in [-0.2, 0) is 19.0 Å². The highest BCUT2D eigenvalue weighted by atomic mass is 16.7. The van der Waals surface area contributed by atoms with Crippen molar-refractivity contribution in [2.45, 2.75) is 38.7 Å². The molecule has 0 radical (unpaired) electrons. The lowest BCUT2D eigenvalue weighted by Gasteiger charge is -2.32. The highest BCUT2D eigenvalue weighted by molar-refractivity contribution is 5.94. The third-order valence-corrected chi connectivity index (χ3v) is 5.25. The molecule has 3 atom stereocenters. The zero-order valence-electron chi connectivity index (χ0n) is 16.8. The summed E-state index contributed by atoms with van der Waals surface area (Å²) in [6.45, 7) is 4.25. The first-order valence-electron chi connectivity index (χ1n) is 9.72. The maximum Gasteiger partial charge on any atom is 0.336 e. The minimum atomic E-state index is -0.667. The Hall–Kier alpha value is -2.86. The second-order valence-corrected chi connectivity index (χ2v) is 7.98. The van der Waals surface area contributed by atoms with Gasteiger partial charge in [-0.25, -0.2) is 9.79 Å². The molecule has 0 amide bonds. The molecule has 0 bridgehead atoms. The molecule has 1 saturated heterocycles. The fourth-order valence-electron chi connectivity index (χ4n) is 3.54. The van der Waals surface area contributed by atoms with Gasteiger partial charge in [-0.05, 0) is 29.8 Å². The lowest BCUT2D eigenvalue weighted by Crippen LogP contribution is -2.40. The number of carbonyl (C=O) groups is 1. The normalized spacial score (nSPS) is 25.7. The Morgan fingerprint density at radius 1 is 1.07 bits per heavy atom. The van der Waals surface area contributed by atoms with Crippen LogP contribution in [0.4, 0.5) is 0 Å². The smallest absolute Gasteiger partial charge is 0.336 e. The van der Waals surface area contributed by atoms with Crippen LogP contribution in [0.25, 0.3) is 0 Å². The predicted molar refractivity (Wildman–Crippen MR) is 108 cm³/mol. The number of aliphatic imine (C=N–C) groups is 1. The summed E-state index contributed by atoms with van der Waals surface area (Å²) in [5.74, 6) is 0.950. The Morgan fingerprint density at radius 3 is 2.41 bits per heavy atom. The van der Waals surface area contributed by atoms with Gasteiger partial charge in [0, 0.05) is 17.4 Å². The Morgan fingerprint density at radius 2 is 1.79 bits per heavy atom. The first-order chi connectivity index (χ1) is 14.0. The van der Waals surface area contributed by atoms with E-state index in [9.17, 15) is 4.79 Å². The molecule has 2 aliphatic heterocycles. The van der Waals surface area contributed by atoms with Crippen molar-refractivity contribution < 1.29 is 23.7 Å². The molecule has 0 saturated carbocycles. The molecular formula is C23H25NO5. The maximum absolute atomic E-state index is 12.2. The number of carbonyl (C=O) groups excluding carboxylic acids is 1. The van der Waals surface area contributed by atoms with E-state index in [1.54, 1.807) is 7.11 Å². The second-order valence-electron chi connectivity index (χ2n) is 7.98. The van der Waals surface area contributed by atoms with Crippen molar-refractivity contribution in [1.82, 2.24) is 0 Å². The standard InChI is InChI=1S/C23H25NO5/c1-23(2)14-27-22(25)20(23)28-19-13-18(15-9-11-17(26-3)12-10-15)24-21(29-19)16-7-5-4-6-8-16/h4-12,18-20H,13-14H2,1-3H3/t18-,19-,20+/m1/s1. The van der Waals surface area contributed by atoms with Crippen molar-refractivity contribution in [2.24, 2.45) is 10.4 Å². The first-order valence-corrected chi connectivity index (χ1v) is 9.72. The Kier molecular flexibility index (Phi) is 5.28. The van der Waals surface area contributed by atoms with Crippen LogP contribution >= 0.6 is 0 Å². The molecule has 29 heavy (non-hydrogen) atoms. The number of nitrogens with zero attached hydrogens (tertiary/aromatic N) is 1. The third kappa shape index (κ3) is 4.12. The van der Waals surface area contributed by atoms with E-state index in [1.165, 1.54) is 0 Å². The number of rotatable bonds is 5. The van der Waals surface area contributed by atoms with Gasteiger partial charge in [0.15, 0.2) is 6.10 Å². The number of benzene rings is 2. The van der Waals surface area contributed by atoms with Gasteiger partial charge in [0.1, 0.15) is 5.75 Å². The van der Waals surface area contributed by atoms with Gasteiger partial charge >= 0.3 is 5.97 Å². The van der Waals surface area contributed by atoms with Gasteiger partial charge < -0.3 is 18.9 Å². The summed E-state index contributed by atoms with van der Waals surface area (Å²) < 4.78 is 22.7. The predicted octanol–water partition coefficient (Wildman–Crippen LogP) is 3.90. The van der Waals surface area contributed by atoms with Crippen LogP contribution in [0.15, 0.2) is 59.6 Å². The molecule has 2 aliphatic rings. The molecule has 4 rings (SSSR count). The van der Waals surface area contributed by atoms with E-state index >= 15 is 0 Å². The zero-order chi connectivity index (χ0) is 20.4. The van der Waals surface area contributed by atoms with E-state index in [4.69, 9.17) is 23.9 Å². The number of methoxy groups -OCH3 is 1. The molecule has 2 heterocycles. The number of hydrogen-bond acceptors (Lipinski definition) is 6. The third-order valence-electron chi connectivity index (χ3n) is 5.25. The van der Waals surface area contributed by atoms with E-state index < -0.39 is 17.8 Å². The quantitative estimate of drug-likeness (QED) is 0.719. The van der Waals surface area contributed by atoms with Gasteiger partial charge in [0.05, 0.1) is 19.8 Å². The molecule has 0 aliphatic carbocycles. The molecule has 152 valence electrons. The highest BCUT2D eigenvalue weighted by Crippen LogP contribution is 2.36. The van der Waals surface area contributed by atoms with Crippen LogP contribution in [0.5, 0.6) is 5.75 Å². The monoisotopic (exact) mass is 395 g/mol. The fourth-order valence-corrected chi connectivity index (χ4v) is 3.54. The van der Waals surface area contributed by atoms with Gasteiger partial charge in [0.2, 0.25) is 12.2 Å². The van der Waals surface area contributed by atoms with Crippen LogP contribution < -0.4 is 4.74 Å². The van der Waals surface area contributed by atoms with Crippen molar-refractivity contribution in [3.63, 3.8) is 0 Å². The molecule has 0 N–H and O–H groups in total. The molecular weight excluding hydrogens is 370 g/mol. The summed E-state index contributed by atoms with van der Waals surface area (Å²) in [6, 6.07) is 17.4. The molecule has 1 fully saturated rings. The number of hydrogen-bond donors (Lipinski definition) is 0. The largest absolute Gasteiger partial charge is 0.497 e. The van der Waals surface area contributed by atoms with Crippen LogP contribution in [0.3, 0.4) is 0 Å². The summed E-state index contributed by atoms with van der Waals surface area (Å²) in [5.41, 5.74) is 1.49. The number of esters is 1. The van der Waals surface area contributed by atoms with Crippen LogP contribution in [-0.4, -0.2) is 38.0 Å². The topological polar surface area (TPSA) is 66.4 Å². The summed E-state index contributed by atoms with van der Waals surface area (Å²) in [5, 5.41) is 0. The lowest BCUT2D eigenvalue weighted by atomic mass is 9.89. The van der Waals surface area contributed by atoms with E-state index in [0.717, 1.165) is 16.9 Å². The zero-order valence-corrected chi connectivity index (χ0v) is 16.8. The minimum absolute atomic E-state index is 0.157. The van der Waals surface area contributed by atoms with Crippen molar-refractivity contribution in [2.75, 3.05) is 13.7 Å². The first kappa shape index (κ1) is 19.5. The summed E-state index contributed by atoms with van der Waals surface area (Å²) in [4.78, 5) is 17.0. The van der Waals surface area contributed by atoms with Crippen molar-refractivity contribution in [1.29, 1.82) is 0 Å². The Balaban J connectivity index is 1.62. The van der Waals surface area contributed by atoms with E-state index in [2.05, 4.69) is 0 Å². The summed E-state index contributed by atoms with van der Waals surface area (Å²) in [6.07, 6.45) is -0.772. The Bertz CT molecular complexity index is 891. The van der Waals surface area contributed by atoms with Crippen LogP contribution in [0.1, 0.15) is 37.4 Å². The average molecular weight is 395 g/mol. The molecule has 6 heteroatoms. The van der Waals surface area contributed by atoms with Crippen molar-refractivity contribution in [3.8, 4) is 5.75 Å². The molecule has 0 spiro atoms. The molecule has 0 unspecified atom stereocenters. The maximum atomic E-state index is 12.2. The van der Waals surface area contributed by atoms with E-state index in [1.807, 2.05) is 68.4 Å². The minimum Gasteiger partial charge on any atom is -0.497 e. The SMILES string of the molecule is COc1ccc([C@H]2C[C@H](O[C@H]3C(=O)OCC3(C)C)OC(c3ccccc3)=N2)cc1. The fraction of sp³-hybridized carbons (Fsp3) is 0.391. The van der Waals surface area contributed by atoms with Crippen molar-refractivity contribution in [3.05, 3.63) is 65.7 Å². The molecule has 6 nitrogen and oxygen atoms in total. The molecule has 0 aromatic heterocycles. The van der Waals surface area contributed by atoms with Gasteiger partial charge in [-0.1, -0.05) is 44.2 Å². The lowest BCUT2D eigenvalue weighted by molar-refractivity contribution is -0.175. The van der Waals surface area contributed by atoms with Gasteiger partial charge in [-0.3, -0.25) is 0 Å². The van der Waals surface area contributed by atoms with Gasteiger partial charge in [-0.15, -0.1) is 0 Å². The number of cyclic esters (lactones) is 1. The van der Waals surface area contributed by atoms with Gasteiger partial charge in [-0.2, -0.15) is 0 Å². The Labute approximate surface area is 170 Å². The average Bonchev–Trinajstić information content (AvgIpc) is 3.01. The highest BCUT2D eigenvalue weighted by Gasteiger charge is 2.47. The van der Waals surface area contributed by atoms with E-state index in [-0.39, 0.29) is 12.0 Å². The number of ether oxygens (including phenoxy) is 4. The van der Waals surface area contributed by atoms with Crippen LogP contribution in [0.2, 0.25) is 0 Å². The van der Waals surface area contributed by atoms with Gasteiger partial charge in [0.25, 0.3) is 0 Å². The summed E-state index contributed by atoms with van der Waals surface area (Å²) >= 11 is 0. The molecule has 2 aromatic rings. The molecule has 2 aromatic carbocycles. The van der Waals surface area contributed by atoms with Crippen LogP contribution in [0, 0.1) is 5.41 Å². The summed E-state index contributed by atoms with van der Waals surface area (Å²) in [7, 11) is 1.64. The second kappa shape index (κ2) is 7.87.